The highest BCUT2D eigenvalue weighted by Gasteiger charge is 2.22. The van der Waals surface area contributed by atoms with Gasteiger partial charge in [-0.25, -0.2) is 9.67 Å². The second kappa shape index (κ2) is 7.70. The lowest BCUT2D eigenvalue weighted by Gasteiger charge is -2.09. The van der Waals surface area contributed by atoms with E-state index >= 15 is 0 Å². The van der Waals surface area contributed by atoms with Crippen LogP contribution in [0, 0.1) is 0 Å². The summed E-state index contributed by atoms with van der Waals surface area (Å²) in [6.07, 6.45) is 1.37. The number of nitrogens with zero attached hydrogens (tertiary/aromatic N) is 4. The van der Waals surface area contributed by atoms with Gasteiger partial charge in [-0.15, -0.1) is 0 Å². The maximum Gasteiger partial charge on any atom is 0.279 e. The molecule has 1 N–H and O–H groups in total. The van der Waals surface area contributed by atoms with E-state index in [1.54, 1.807) is 37.4 Å². The summed E-state index contributed by atoms with van der Waals surface area (Å²) in [5.41, 5.74) is 1.28. The van der Waals surface area contributed by atoms with Gasteiger partial charge in [0.15, 0.2) is 11.2 Å². The van der Waals surface area contributed by atoms with Crippen molar-refractivity contribution >= 4 is 22.6 Å². The summed E-state index contributed by atoms with van der Waals surface area (Å²) >= 11 is 0. The SMILES string of the molecule is COc1cc(NC(=O)c2nn(-c3ccccc3)c3c(=O)n(C)cnc23)cc(OC)c1. The van der Waals surface area contributed by atoms with Gasteiger partial charge in [-0.1, -0.05) is 18.2 Å². The molecule has 0 saturated carbocycles. The molecule has 0 bridgehead atoms. The van der Waals surface area contributed by atoms with Gasteiger partial charge in [-0.05, 0) is 12.1 Å². The molecule has 0 fully saturated rings. The van der Waals surface area contributed by atoms with Crippen molar-refractivity contribution in [1.29, 1.82) is 0 Å². The van der Waals surface area contributed by atoms with Gasteiger partial charge in [0.1, 0.15) is 17.0 Å². The highest BCUT2D eigenvalue weighted by atomic mass is 16.5. The molecule has 4 aromatic rings. The molecule has 0 spiro atoms. The van der Waals surface area contributed by atoms with Gasteiger partial charge < -0.3 is 19.4 Å². The molecule has 0 radical (unpaired) electrons. The number of aryl methyl sites for hydroxylation is 1. The molecule has 0 aliphatic carbocycles. The molecule has 9 nitrogen and oxygen atoms in total. The van der Waals surface area contributed by atoms with Gasteiger partial charge in [-0.3, -0.25) is 9.59 Å². The number of hydrogen-bond donors (Lipinski definition) is 1. The smallest absolute Gasteiger partial charge is 0.279 e. The van der Waals surface area contributed by atoms with Crippen molar-refractivity contribution in [3.05, 3.63) is 70.9 Å². The molecule has 1 amide bonds. The first-order valence-corrected chi connectivity index (χ1v) is 9.06. The number of nitrogens with one attached hydrogen (secondary N) is 1. The average Bonchev–Trinajstić information content (AvgIpc) is 3.17. The van der Waals surface area contributed by atoms with Crippen molar-refractivity contribution in [3.63, 3.8) is 0 Å². The molecule has 2 aromatic heterocycles. The highest BCUT2D eigenvalue weighted by molar-refractivity contribution is 6.10. The first-order valence-electron chi connectivity index (χ1n) is 9.06. The number of ether oxygens (including phenoxy) is 2. The Labute approximate surface area is 171 Å². The number of methoxy groups -OCH3 is 2. The number of carbonyl (C=O) groups is 1. The minimum Gasteiger partial charge on any atom is -0.497 e. The van der Waals surface area contributed by atoms with E-state index in [0.29, 0.717) is 22.9 Å². The number of fused-ring (bicyclic) bond motifs is 1. The monoisotopic (exact) mass is 405 g/mol. The molecular formula is C21H19N5O4. The molecule has 0 aliphatic heterocycles. The highest BCUT2D eigenvalue weighted by Crippen LogP contribution is 2.26. The van der Waals surface area contributed by atoms with E-state index < -0.39 is 5.91 Å². The fourth-order valence-electron chi connectivity index (χ4n) is 3.07. The normalized spacial score (nSPS) is 10.8. The fourth-order valence-corrected chi connectivity index (χ4v) is 3.07. The zero-order chi connectivity index (χ0) is 21.3. The van der Waals surface area contributed by atoms with Gasteiger partial charge in [0.25, 0.3) is 11.5 Å². The molecule has 0 unspecified atom stereocenters. The molecule has 9 heteroatoms. The molecule has 0 atom stereocenters. The lowest BCUT2D eigenvalue weighted by atomic mass is 10.2. The van der Waals surface area contributed by atoms with E-state index in [9.17, 15) is 9.59 Å². The van der Waals surface area contributed by atoms with Crippen molar-refractivity contribution in [2.75, 3.05) is 19.5 Å². The van der Waals surface area contributed by atoms with Crippen LogP contribution < -0.4 is 20.3 Å². The van der Waals surface area contributed by atoms with E-state index in [-0.39, 0.29) is 22.3 Å². The molecule has 4 rings (SSSR count). The Hall–Kier alpha value is -4.14. The molecule has 0 aliphatic rings. The summed E-state index contributed by atoms with van der Waals surface area (Å²) < 4.78 is 13.3. The molecular weight excluding hydrogens is 386 g/mol. The summed E-state index contributed by atoms with van der Waals surface area (Å²) in [5, 5.41) is 7.18. The first-order chi connectivity index (χ1) is 14.5. The van der Waals surface area contributed by atoms with E-state index in [4.69, 9.17) is 9.47 Å². The average molecular weight is 405 g/mol. The number of rotatable bonds is 5. The summed E-state index contributed by atoms with van der Waals surface area (Å²) in [5.74, 6) is 0.540. The van der Waals surface area contributed by atoms with Crippen LogP contribution in [0.4, 0.5) is 5.69 Å². The summed E-state index contributed by atoms with van der Waals surface area (Å²) in [7, 11) is 4.64. The Kier molecular flexibility index (Phi) is 4.93. The minimum atomic E-state index is -0.509. The maximum atomic E-state index is 13.1. The lowest BCUT2D eigenvalue weighted by Crippen LogP contribution is -2.19. The zero-order valence-electron chi connectivity index (χ0n) is 16.6. The molecule has 152 valence electrons. The van der Waals surface area contributed by atoms with Crippen LogP contribution in [-0.4, -0.2) is 39.5 Å². The zero-order valence-corrected chi connectivity index (χ0v) is 16.6. The van der Waals surface area contributed by atoms with Crippen LogP contribution in [-0.2, 0) is 7.05 Å². The predicted molar refractivity (Wildman–Crippen MR) is 112 cm³/mol. The van der Waals surface area contributed by atoms with E-state index in [0.717, 1.165) is 0 Å². The predicted octanol–water partition coefficient (Wildman–Crippen LogP) is 2.39. The van der Waals surface area contributed by atoms with Gasteiger partial charge in [-0.2, -0.15) is 5.10 Å². The van der Waals surface area contributed by atoms with Crippen LogP contribution in [0.25, 0.3) is 16.7 Å². The third-order valence-corrected chi connectivity index (χ3v) is 4.57. The number of aromatic nitrogens is 4. The van der Waals surface area contributed by atoms with Gasteiger partial charge in [0.05, 0.1) is 26.2 Å². The quantitative estimate of drug-likeness (QED) is 0.547. The lowest BCUT2D eigenvalue weighted by molar-refractivity contribution is 0.102. The van der Waals surface area contributed by atoms with Gasteiger partial charge >= 0.3 is 0 Å². The Morgan fingerprint density at radius 2 is 1.70 bits per heavy atom. The fraction of sp³-hybridized carbons (Fsp3) is 0.143. The molecule has 0 saturated heterocycles. The third kappa shape index (κ3) is 3.37. The number of carbonyl (C=O) groups excluding carboxylic acids is 1. The van der Waals surface area contributed by atoms with Crippen LogP contribution in [0.3, 0.4) is 0 Å². The molecule has 2 heterocycles. The van der Waals surface area contributed by atoms with Crippen molar-refractivity contribution in [3.8, 4) is 17.2 Å². The van der Waals surface area contributed by atoms with Gasteiger partial charge in [0.2, 0.25) is 0 Å². The van der Waals surface area contributed by atoms with Gasteiger partial charge in [0, 0.05) is 30.9 Å². The Morgan fingerprint density at radius 3 is 2.33 bits per heavy atom. The van der Waals surface area contributed by atoms with Crippen molar-refractivity contribution in [1.82, 2.24) is 19.3 Å². The minimum absolute atomic E-state index is 0.0355. The third-order valence-electron chi connectivity index (χ3n) is 4.57. The van der Waals surface area contributed by atoms with E-state index in [1.165, 1.54) is 29.8 Å². The number of para-hydroxylation sites is 1. The number of amides is 1. The van der Waals surface area contributed by atoms with Crippen LogP contribution in [0.1, 0.15) is 10.5 Å². The van der Waals surface area contributed by atoms with Crippen LogP contribution in [0.15, 0.2) is 59.7 Å². The standard InChI is InChI=1S/C21H19N5O4/c1-25-12-22-17-18(20(27)23-13-9-15(29-2)11-16(10-13)30-3)24-26(19(17)21(25)28)14-7-5-4-6-8-14/h4-12H,1-3H3,(H,23,27). The van der Waals surface area contributed by atoms with Crippen LogP contribution in [0.5, 0.6) is 11.5 Å². The molecule has 2 aromatic carbocycles. The molecule has 30 heavy (non-hydrogen) atoms. The second-order valence-corrected chi connectivity index (χ2v) is 6.51. The Bertz CT molecular complexity index is 1270. The maximum absolute atomic E-state index is 13.1. The number of hydrogen-bond acceptors (Lipinski definition) is 6. The topological polar surface area (TPSA) is 100 Å². The number of anilines is 1. The Morgan fingerprint density at radius 1 is 1.03 bits per heavy atom. The van der Waals surface area contributed by atoms with E-state index in [2.05, 4.69) is 15.4 Å². The van der Waals surface area contributed by atoms with Crippen molar-refractivity contribution < 1.29 is 14.3 Å². The van der Waals surface area contributed by atoms with Crippen LogP contribution >= 0.6 is 0 Å². The second-order valence-electron chi connectivity index (χ2n) is 6.51. The van der Waals surface area contributed by atoms with E-state index in [1.807, 2.05) is 18.2 Å². The first kappa shape index (κ1) is 19.2. The summed E-state index contributed by atoms with van der Waals surface area (Å²) in [6.45, 7) is 0. The number of benzene rings is 2. The summed E-state index contributed by atoms with van der Waals surface area (Å²) in [6, 6.07) is 14.1. The summed E-state index contributed by atoms with van der Waals surface area (Å²) in [4.78, 5) is 30.1. The van der Waals surface area contributed by atoms with Crippen molar-refractivity contribution in [2.24, 2.45) is 7.05 Å². The Balaban J connectivity index is 1.83. The van der Waals surface area contributed by atoms with Crippen LogP contribution in [0.2, 0.25) is 0 Å². The van der Waals surface area contributed by atoms with Crippen molar-refractivity contribution in [2.45, 2.75) is 0 Å². The largest absolute Gasteiger partial charge is 0.497 e.